The van der Waals surface area contributed by atoms with Crippen LogP contribution in [0.2, 0.25) is 0 Å². The maximum absolute atomic E-state index is 12.2. The van der Waals surface area contributed by atoms with Crippen LogP contribution < -0.4 is 5.32 Å². The van der Waals surface area contributed by atoms with E-state index >= 15 is 0 Å². The molecule has 0 bridgehead atoms. The molecule has 0 spiro atoms. The quantitative estimate of drug-likeness (QED) is 0.787. The van der Waals surface area contributed by atoms with Gasteiger partial charge in [-0.05, 0) is 43.4 Å². The van der Waals surface area contributed by atoms with Gasteiger partial charge in [0, 0.05) is 4.88 Å². The number of fused-ring (bicyclic) bond motifs is 1. The van der Waals surface area contributed by atoms with Gasteiger partial charge in [-0.3, -0.25) is 4.79 Å². The van der Waals surface area contributed by atoms with E-state index in [1.165, 1.54) is 35.1 Å². The van der Waals surface area contributed by atoms with Crippen molar-refractivity contribution in [3.63, 3.8) is 0 Å². The van der Waals surface area contributed by atoms with Crippen LogP contribution in [0.15, 0.2) is 22.8 Å². The largest absolute Gasteiger partial charge is 0.468 e. The molecule has 1 aliphatic rings. The van der Waals surface area contributed by atoms with Crippen LogP contribution in [0.5, 0.6) is 0 Å². The van der Waals surface area contributed by atoms with Crippen molar-refractivity contribution in [1.29, 1.82) is 0 Å². The molecule has 128 valence electrons. The Labute approximate surface area is 148 Å². The van der Waals surface area contributed by atoms with E-state index in [0.717, 1.165) is 37.0 Å². The lowest BCUT2D eigenvalue weighted by Gasteiger charge is -2.11. The number of aryl methyl sites for hydroxylation is 1. The van der Waals surface area contributed by atoms with E-state index in [4.69, 9.17) is 9.15 Å². The Morgan fingerprint density at radius 3 is 2.96 bits per heavy atom. The Hall–Kier alpha value is -1.73. The third-order valence-electron chi connectivity index (χ3n) is 3.87. The van der Waals surface area contributed by atoms with E-state index in [2.05, 4.69) is 5.32 Å². The van der Waals surface area contributed by atoms with Crippen molar-refractivity contribution in [1.82, 2.24) is 0 Å². The van der Waals surface area contributed by atoms with E-state index in [0.29, 0.717) is 22.1 Å². The number of hydrogen-bond acceptors (Lipinski definition) is 6. The highest BCUT2D eigenvalue weighted by Crippen LogP contribution is 2.38. The highest BCUT2D eigenvalue weighted by atomic mass is 32.2. The number of thiophene rings is 1. The van der Waals surface area contributed by atoms with Gasteiger partial charge in [0.1, 0.15) is 10.8 Å². The van der Waals surface area contributed by atoms with Gasteiger partial charge in [-0.25, -0.2) is 4.79 Å². The fourth-order valence-electron chi connectivity index (χ4n) is 2.77. The third-order valence-corrected chi connectivity index (χ3v) is 6.03. The SMILES string of the molecule is COC(=O)c1c(NC(=O)CSCc2ccco2)sc2c1CCCC2. The zero-order valence-corrected chi connectivity index (χ0v) is 15.1. The number of hydrogen-bond donors (Lipinski definition) is 1. The van der Waals surface area contributed by atoms with E-state index in [-0.39, 0.29) is 11.9 Å². The number of rotatable bonds is 6. The first-order chi connectivity index (χ1) is 11.7. The lowest BCUT2D eigenvalue weighted by Crippen LogP contribution is -2.16. The predicted molar refractivity (Wildman–Crippen MR) is 95.8 cm³/mol. The minimum absolute atomic E-state index is 0.115. The van der Waals surface area contributed by atoms with Gasteiger partial charge in [-0.15, -0.1) is 23.1 Å². The Morgan fingerprint density at radius 2 is 2.21 bits per heavy atom. The Balaban J connectivity index is 1.66. The third kappa shape index (κ3) is 3.84. The average Bonchev–Trinajstić information content (AvgIpc) is 3.21. The molecule has 0 aliphatic heterocycles. The molecular formula is C17H19NO4S2. The summed E-state index contributed by atoms with van der Waals surface area (Å²) in [7, 11) is 1.38. The fraction of sp³-hybridized carbons (Fsp3) is 0.412. The van der Waals surface area contributed by atoms with E-state index < -0.39 is 0 Å². The molecule has 2 aromatic heterocycles. The smallest absolute Gasteiger partial charge is 0.341 e. The number of nitrogens with one attached hydrogen (secondary N) is 1. The Morgan fingerprint density at radius 1 is 1.38 bits per heavy atom. The van der Waals surface area contributed by atoms with Gasteiger partial charge >= 0.3 is 5.97 Å². The molecule has 0 fully saturated rings. The summed E-state index contributed by atoms with van der Waals surface area (Å²) in [6.07, 6.45) is 5.65. The minimum Gasteiger partial charge on any atom is -0.468 e. The molecule has 24 heavy (non-hydrogen) atoms. The minimum atomic E-state index is -0.368. The van der Waals surface area contributed by atoms with Crippen LogP contribution in [0.3, 0.4) is 0 Å². The molecule has 1 amide bonds. The summed E-state index contributed by atoms with van der Waals surface area (Å²) in [4.78, 5) is 25.5. The first kappa shape index (κ1) is 17.1. The summed E-state index contributed by atoms with van der Waals surface area (Å²) in [6, 6.07) is 3.71. The molecule has 2 heterocycles. The van der Waals surface area contributed by atoms with E-state index in [9.17, 15) is 9.59 Å². The topological polar surface area (TPSA) is 68.5 Å². The molecule has 0 saturated carbocycles. The van der Waals surface area contributed by atoms with Gasteiger partial charge in [-0.2, -0.15) is 0 Å². The normalized spacial score (nSPS) is 13.4. The number of carbonyl (C=O) groups excluding carboxylic acids is 2. The molecule has 0 radical (unpaired) electrons. The van der Waals surface area contributed by atoms with Gasteiger partial charge in [0.2, 0.25) is 5.91 Å². The number of furan rings is 1. The maximum atomic E-state index is 12.2. The van der Waals surface area contributed by atoms with Crippen LogP contribution >= 0.6 is 23.1 Å². The summed E-state index contributed by atoms with van der Waals surface area (Å²) in [5.74, 6) is 1.31. The van der Waals surface area contributed by atoms with Crippen molar-refractivity contribution in [2.24, 2.45) is 0 Å². The molecule has 0 saturated heterocycles. The van der Waals surface area contributed by atoms with Crippen molar-refractivity contribution in [2.45, 2.75) is 31.4 Å². The van der Waals surface area contributed by atoms with Crippen LogP contribution in [0.1, 0.15) is 39.4 Å². The highest BCUT2D eigenvalue weighted by Gasteiger charge is 2.26. The molecule has 0 unspecified atom stereocenters. The molecule has 1 N–H and O–H groups in total. The van der Waals surface area contributed by atoms with Crippen molar-refractivity contribution in [3.05, 3.63) is 40.2 Å². The monoisotopic (exact) mass is 365 g/mol. The summed E-state index contributed by atoms with van der Waals surface area (Å²) in [5, 5.41) is 3.51. The van der Waals surface area contributed by atoms with Crippen LogP contribution in [0.4, 0.5) is 5.00 Å². The van der Waals surface area contributed by atoms with Crippen molar-refractivity contribution < 1.29 is 18.7 Å². The van der Waals surface area contributed by atoms with Crippen LogP contribution in [-0.4, -0.2) is 24.7 Å². The van der Waals surface area contributed by atoms with Gasteiger partial charge in [0.05, 0.1) is 30.4 Å². The summed E-state index contributed by atoms with van der Waals surface area (Å²) in [6.45, 7) is 0. The second kappa shape index (κ2) is 7.90. The van der Waals surface area contributed by atoms with Gasteiger partial charge in [0.25, 0.3) is 0 Å². The Kier molecular flexibility index (Phi) is 5.63. The predicted octanol–water partition coefficient (Wildman–Crippen LogP) is 3.88. The number of amides is 1. The van der Waals surface area contributed by atoms with Crippen LogP contribution in [-0.2, 0) is 28.1 Å². The van der Waals surface area contributed by atoms with Crippen molar-refractivity contribution in [2.75, 3.05) is 18.2 Å². The summed E-state index contributed by atoms with van der Waals surface area (Å²) < 4.78 is 10.2. The molecule has 2 aromatic rings. The average molecular weight is 365 g/mol. The lowest BCUT2D eigenvalue weighted by atomic mass is 9.95. The maximum Gasteiger partial charge on any atom is 0.341 e. The number of carbonyl (C=O) groups is 2. The molecule has 0 aromatic carbocycles. The number of thioether (sulfide) groups is 1. The fourth-order valence-corrected chi connectivity index (χ4v) is 4.79. The standard InChI is InChI=1S/C17H19NO4S2/c1-21-17(20)15-12-6-2-3-7-13(12)24-16(15)18-14(19)10-23-9-11-5-4-8-22-11/h4-5,8H,2-3,6-7,9-10H2,1H3,(H,18,19). The van der Waals surface area contributed by atoms with Crippen molar-refractivity contribution >= 4 is 40.0 Å². The van der Waals surface area contributed by atoms with E-state index in [1.807, 2.05) is 12.1 Å². The number of ether oxygens (including phenoxy) is 1. The van der Waals surface area contributed by atoms with Gasteiger partial charge < -0.3 is 14.5 Å². The van der Waals surface area contributed by atoms with Gasteiger partial charge in [-0.1, -0.05) is 0 Å². The molecule has 0 atom stereocenters. The number of esters is 1. The summed E-state index contributed by atoms with van der Waals surface area (Å²) >= 11 is 2.98. The molecule has 1 aliphatic carbocycles. The lowest BCUT2D eigenvalue weighted by molar-refractivity contribution is -0.113. The van der Waals surface area contributed by atoms with Crippen LogP contribution in [0.25, 0.3) is 0 Å². The van der Waals surface area contributed by atoms with Crippen molar-refractivity contribution in [3.8, 4) is 0 Å². The zero-order chi connectivity index (χ0) is 16.9. The molecule has 7 heteroatoms. The number of methoxy groups -OCH3 is 1. The van der Waals surface area contributed by atoms with E-state index in [1.54, 1.807) is 6.26 Å². The molecule has 3 rings (SSSR count). The summed E-state index contributed by atoms with van der Waals surface area (Å²) in [5.41, 5.74) is 1.60. The first-order valence-electron chi connectivity index (χ1n) is 7.82. The number of anilines is 1. The second-order valence-corrected chi connectivity index (χ2v) is 7.62. The molecular weight excluding hydrogens is 346 g/mol. The second-order valence-electron chi connectivity index (χ2n) is 5.53. The molecule has 5 nitrogen and oxygen atoms in total. The zero-order valence-electron chi connectivity index (χ0n) is 13.4. The highest BCUT2D eigenvalue weighted by molar-refractivity contribution is 7.99. The van der Waals surface area contributed by atoms with Crippen LogP contribution in [0, 0.1) is 0 Å². The Bertz CT molecular complexity index is 721. The first-order valence-corrected chi connectivity index (χ1v) is 9.79. The van der Waals surface area contributed by atoms with Gasteiger partial charge in [0.15, 0.2) is 0 Å².